The number of hydrogen-bond acceptors (Lipinski definition) is 2. The fourth-order valence-electron chi connectivity index (χ4n) is 0.724. The Bertz CT molecular complexity index is 198. The Morgan fingerprint density at radius 1 is 1.36 bits per heavy atom. The van der Waals surface area contributed by atoms with Gasteiger partial charge in [0, 0.05) is 6.42 Å². The maximum atomic E-state index is 5.53. The van der Waals surface area contributed by atoms with Crippen LogP contribution in [0.1, 0.15) is 6.92 Å². The lowest BCUT2D eigenvalue weighted by atomic mass is 10.3. The molecule has 1 aromatic rings. The summed E-state index contributed by atoms with van der Waals surface area (Å²) in [4.78, 5) is 0. The van der Waals surface area contributed by atoms with Gasteiger partial charge in [-0.25, -0.2) is 0 Å². The molecule has 0 aliphatic rings. The van der Waals surface area contributed by atoms with Gasteiger partial charge in [0.05, 0.1) is 0 Å². The van der Waals surface area contributed by atoms with E-state index >= 15 is 0 Å². The van der Waals surface area contributed by atoms with Gasteiger partial charge in [-0.05, 0) is 12.1 Å². The zero-order valence-electron chi connectivity index (χ0n) is 6.53. The smallest absolute Gasteiger partial charge is 0.150 e. The molecule has 0 aliphatic carbocycles. The normalized spacial score (nSPS) is 12.5. The van der Waals surface area contributed by atoms with Crippen LogP contribution in [0.25, 0.3) is 0 Å². The number of para-hydroxylation sites is 1. The van der Waals surface area contributed by atoms with Crippen molar-refractivity contribution < 1.29 is 4.74 Å². The summed E-state index contributed by atoms with van der Waals surface area (Å²) in [6, 6.07) is 9.52. The fraction of sp³-hybridized carbons (Fsp3) is 0.222. The summed E-state index contributed by atoms with van der Waals surface area (Å²) in [5.41, 5.74) is 5.53. The molecule has 1 aromatic carbocycles. The summed E-state index contributed by atoms with van der Waals surface area (Å²) in [5, 5.41) is 0. The summed E-state index contributed by atoms with van der Waals surface area (Å²) in [5.74, 6) is 0.804. The molecule has 0 aromatic heterocycles. The van der Waals surface area contributed by atoms with Crippen molar-refractivity contribution in [1.29, 1.82) is 0 Å². The monoisotopic (exact) mass is 150 g/mol. The number of hydrogen-bond donors (Lipinski definition) is 1. The van der Waals surface area contributed by atoms with E-state index in [4.69, 9.17) is 10.5 Å². The predicted molar refractivity (Wildman–Crippen MR) is 45.0 cm³/mol. The lowest BCUT2D eigenvalue weighted by Gasteiger charge is -2.11. The zero-order valence-corrected chi connectivity index (χ0v) is 6.53. The molecule has 0 saturated carbocycles. The molecule has 1 radical (unpaired) electrons. The zero-order chi connectivity index (χ0) is 8.10. The summed E-state index contributed by atoms with van der Waals surface area (Å²) in [6.45, 7) is 1.87. The average molecular weight is 150 g/mol. The van der Waals surface area contributed by atoms with Crippen molar-refractivity contribution in [3.05, 3.63) is 36.8 Å². The molecule has 0 aliphatic heterocycles. The lowest BCUT2D eigenvalue weighted by molar-refractivity contribution is 0.242. The third-order valence-corrected chi connectivity index (χ3v) is 1.34. The molecule has 0 bridgehead atoms. The van der Waals surface area contributed by atoms with Gasteiger partial charge in [0.2, 0.25) is 0 Å². The van der Waals surface area contributed by atoms with Crippen LogP contribution in [0.2, 0.25) is 0 Å². The highest BCUT2D eigenvalue weighted by Gasteiger charge is 1.98. The van der Waals surface area contributed by atoms with Crippen molar-refractivity contribution in [2.45, 2.75) is 13.2 Å². The van der Waals surface area contributed by atoms with Gasteiger partial charge in [-0.1, -0.05) is 25.1 Å². The first-order valence-corrected chi connectivity index (χ1v) is 3.59. The summed E-state index contributed by atoms with van der Waals surface area (Å²) in [7, 11) is 0. The summed E-state index contributed by atoms with van der Waals surface area (Å²) >= 11 is 0. The van der Waals surface area contributed by atoms with Crippen LogP contribution >= 0.6 is 0 Å². The van der Waals surface area contributed by atoms with E-state index in [9.17, 15) is 0 Å². The number of nitrogens with two attached hydrogens (primary N) is 1. The van der Waals surface area contributed by atoms with Crippen molar-refractivity contribution in [1.82, 2.24) is 0 Å². The van der Waals surface area contributed by atoms with Crippen molar-refractivity contribution >= 4 is 0 Å². The molecule has 1 rings (SSSR count). The van der Waals surface area contributed by atoms with Crippen molar-refractivity contribution in [3.8, 4) is 5.75 Å². The molecule has 0 unspecified atom stereocenters. The van der Waals surface area contributed by atoms with Crippen LogP contribution in [0.15, 0.2) is 30.3 Å². The van der Waals surface area contributed by atoms with Crippen LogP contribution in [0, 0.1) is 6.42 Å². The van der Waals surface area contributed by atoms with E-state index in [2.05, 4.69) is 0 Å². The van der Waals surface area contributed by atoms with E-state index in [1.807, 2.05) is 37.3 Å². The van der Waals surface area contributed by atoms with Crippen molar-refractivity contribution in [2.24, 2.45) is 5.73 Å². The summed E-state index contributed by atoms with van der Waals surface area (Å²) < 4.78 is 5.29. The molecule has 2 nitrogen and oxygen atoms in total. The van der Waals surface area contributed by atoms with Gasteiger partial charge in [0.25, 0.3) is 0 Å². The Morgan fingerprint density at radius 2 is 2.00 bits per heavy atom. The minimum atomic E-state index is -0.308. The van der Waals surface area contributed by atoms with Gasteiger partial charge in [-0.2, -0.15) is 0 Å². The second kappa shape index (κ2) is 3.98. The maximum Gasteiger partial charge on any atom is 0.150 e. The largest absolute Gasteiger partial charge is 0.475 e. The molecule has 2 N–H and O–H groups in total. The molecule has 59 valence electrons. The first-order valence-electron chi connectivity index (χ1n) is 3.59. The van der Waals surface area contributed by atoms with E-state index < -0.39 is 0 Å². The van der Waals surface area contributed by atoms with E-state index in [1.165, 1.54) is 0 Å². The van der Waals surface area contributed by atoms with E-state index in [1.54, 1.807) is 6.42 Å². The molecule has 0 heterocycles. The molecule has 1 atom stereocenters. The van der Waals surface area contributed by atoms with Crippen LogP contribution in [0.4, 0.5) is 0 Å². The molecule has 11 heavy (non-hydrogen) atoms. The maximum absolute atomic E-state index is 5.53. The van der Waals surface area contributed by atoms with Crippen LogP contribution in [-0.2, 0) is 0 Å². The Hall–Kier alpha value is -1.02. The second-order valence-electron chi connectivity index (χ2n) is 2.23. The van der Waals surface area contributed by atoms with Crippen molar-refractivity contribution in [3.63, 3.8) is 0 Å². The van der Waals surface area contributed by atoms with E-state index in [0.717, 1.165) is 5.75 Å². The van der Waals surface area contributed by atoms with Crippen LogP contribution < -0.4 is 10.5 Å². The average Bonchev–Trinajstić information content (AvgIpc) is 2.06. The highest BCUT2D eigenvalue weighted by molar-refractivity contribution is 5.21. The Balaban J connectivity index is 2.51. The van der Waals surface area contributed by atoms with Gasteiger partial charge < -0.3 is 4.74 Å². The Kier molecular flexibility index (Phi) is 2.93. The van der Waals surface area contributed by atoms with Crippen molar-refractivity contribution in [2.75, 3.05) is 0 Å². The lowest BCUT2D eigenvalue weighted by Crippen LogP contribution is -2.26. The quantitative estimate of drug-likeness (QED) is 0.664. The number of benzene rings is 1. The summed E-state index contributed by atoms with van der Waals surface area (Å²) in [6.07, 6.45) is 1.49. The van der Waals surface area contributed by atoms with Gasteiger partial charge in [-0.3, -0.25) is 5.73 Å². The highest BCUT2D eigenvalue weighted by atomic mass is 16.5. The van der Waals surface area contributed by atoms with Crippen LogP contribution in [-0.4, -0.2) is 6.23 Å². The third kappa shape index (κ3) is 2.60. The standard InChI is InChI=1S/C9H12NO/c1-2-9(10)11-8-6-4-3-5-7-8/h2-7,9H,10H2,1H3/t9-/m1/s1. The Labute approximate surface area is 67.0 Å². The minimum Gasteiger partial charge on any atom is -0.475 e. The number of ether oxygens (including phenoxy) is 1. The first kappa shape index (κ1) is 8.08. The van der Waals surface area contributed by atoms with Crippen LogP contribution in [0.3, 0.4) is 0 Å². The fourth-order valence-corrected chi connectivity index (χ4v) is 0.724. The molecule has 0 saturated heterocycles. The first-order chi connectivity index (χ1) is 5.33. The van der Waals surface area contributed by atoms with Crippen LogP contribution in [0.5, 0.6) is 5.75 Å². The molecular weight excluding hydrogens is 138 g/mol. The topological polar surface area (TPSA) is 35.2 Å². The number of rotatable bonds is 3. The third-order valence-electron chi connectivity index (χ3n) is 1.34. The SMILES string of the molecule is C[CH][C@H](N)Oc1ccccc1. The van der Waals surface area contributed by atoms with Gasteiger partial charge in [0.15, 0.2) is 6.23 Å². The minimum absolute atomic E-state index is 0.308. The van der Waals surface area contributed by atoms with E-state index in [-0.39, 0.29) is 6.23 Å². The molecule has 0 fully saturated rings. The predicted octanol–water partition coefficient (Wildman–Crippen LogP) is 1.57. The van der Waals surface area contributed by atoms with Gasteiger partial charge in [-0.15, -0.1) is 0 Å². The molecule has 0 amide bonds. The molecular formula is C9H12NO. The highest BCUT2D eigenvalue weighted by Crippen LogP contribution is 2.09. The second-order valence-corrected chi connectivity index (χ2v) is 2.23. The van der Waals surface area contributed by atoms with E-state index in [0.29, 0.717) is 0 Å². The van der Waals surface area contributed by atoms with Gasteiger partial charge in [0.1, 0.15) is 5.75 Å². The molecule has 0 spiro atoms. The Morgan fingerprint density at radius 3 is 2.55 bits per heavy atom. The molecule has 2 heteroatoms. The van der Waals surface area contributed by atoms with Gasteiger partial charge >= 0.3 is 0 Å².